The third-order valence-corrected chi connectivity index (χ3v) is 5.65. The number of likely N-dealkylation sites (tertiary alicyclic amines) is 1. The molecule has 1 fully saturated rings. The van der Waals surface area contributed by atoms with Gasteiger partial charge in [-0.05, 0) is 68.1 Å². The zero-order chi connectivity index (χ0) is 19.3. The second-order valence-corrected chi connectivity index (χ2v) is 7.83. The summed E-state index contributed by atoms with van der Waals surface area (Å²) in [5.41, 5.74) is 2.08. The molecule has 1 unspecified atom stereocenters. The van der Waals surface area contributed by atoms with E-state index in [2.05, 4.69) is 27.2 Å². The predicted octanol–water partition coefficient (Wildman–Crippen LogP) is 4.21. The lowest BCUT2D eigenvalue weighted by Crippen LogP contribution is -2.38. The number of piperidine rings is 1. The molecule has 0 saturated carbocycles. The summed E-state index contributed by atoms with van der Waals surface area (Å²) in [6.07, 6.45) is 2.39. The van der Waals surface area contributed by atoms with Crippen LogP contribution in [0.2, 0.25) is 5.02 Å². The van der Waals surface area contributed by atoms with Gasteiger partial charge in [-0.1, -0.05) is 47.1 Å². The average molecular weight is 398 g/mol. The number of hydrogen-bond acceptors (Lipinski definition) is 5. The van der Waals surface area contributed by atoms with E-state index in [1.165, 1.54) is 5.56 Å². The van der Waals surface area contributed by atoms with Crippen LogP contribution in [0.15, 0.2) is 59.1 Å². The first-order chi connectivity index (χ1) is 13.7. The van der Waals surface area contributed by atoms with Crippen molar-refractivity contribution in [2.45, 2.75) is 31.9 Å². The molecule has 4 rings (SSSR count). The van der Waals surface area contributed by atoms with Crippen LogP contribution in [0.3, 0.4) is 0 Å². The Kier molecular flexibility index (Phi) is 6.05. The highest BCUT2D eigenvalue weighted by atomic mass is 35.5. The molecule has 2 aromatic carbocycles. The quantitative estimate of drug-likeness (QED) is 0.675. The minimum absolute atomic E-state index is 0.288. The van der Waals surface area contributed by atoms with Crippen LogP contribution in [0, 0.1) is 5.92 Å². The summed E-state index contributed by atoms with van der Waals surface area (Å²) < 4.78 is 5.42. The minimum atomic E-state index is -0.288. The molecule has 5 nitrogen and oxygen atoms in total. The smallest absolute Gasteiger partial charge is 0.241 e. The Hall–Kier alpha value is -2.21. The molecule has 0 amide bonds. The molecule has 1 N–H and O–H groups in total. The Bertz CT molecular complexity index is 874. The highest BCUT2D eigenvalue weighted by Crippen LogP contribution is 2.25. The Morgan fingerprint density at radius 2 is 1.79 bits per heavy atom. The summed E-state index contributed by atoms with van der Waals surface area (Å²) in [5.74, 6) is 1.54. The zero-order valence-corrected chi connectivity index (χ0v) is 16.4. The van der Waals surface area contributed by atoms with Crippen LogP contribution in [-0.2, 0) is 13.0 Å². The fraction of sp³-hybridized carbons (Fsp3) is 0.364. The van der Waals surface area contributed by atoms with Gasteiger partial charge in [-0.15, -0.1) is 0 Å². The molecule has 1 saturated heterocycles. The van der Waals surface area contributed by atoms with E-state index in [-0.39, 0.29) is 6.10 Å². The number of aliphatic hydroxyl groups excluding tert-OH is 1. The van der Waals surface area contributed by atoms with Crippen molar-refractivity contribution in [1.82, 2.24) is 15.0 Å². The molecule has 6 heteroatoms. The zero-order valence-electron chi connectivity index (χ0n) is 15.7. The van der Waals surface area contributed by atoms with Crippen LogP contribution in [0.25, 0.3) is 11.4 Å². The first-order valence-electron chi connectivity index (χ1n) is 9.70. The Morgan fingerprint density at radius 1 is 1.07 bits per heavy atom. The van der Waals surface area contributed by atoms with E-state index in [1.807, 2.05) is 42.5 Å². The average Bonchev–Trinajstić information content (AvgIpc) is 3.18. The number of benzene rings is 2. The minimum Gasteiger partial charge on any atom is -0.392 e. The third kappa shape index (κ3) is 4.79. The van der Waals surface area contributed by atoms with Gasteiger partial charge in [0, 0.05) is 10.6 Å². The topological polar surface area (TPSA) is 62.4 Å². The molecule has 0 bridgehead atoms. The summed E-state index contributed by atoms with van der Waals surface area (Å²) in [6.45, 7) is 2.49. The van der Waals surface area contributed by atoms with Crippen LogP contribution in [0.4, 0.5) is 0 Å². The first kappa shape index (κ1) is 19.1. The fourth-order valence-corrected chi connectivity index (χ4v) is 3.87. The Morgan fingerprint density at radius 3 is 2.50 bits per heavy atom. The lowest BCUT2D eigenvalue weighted by Gasteiger charge is -2.33. The number of hydrogen-bond donors (Lipinski definition) is 1. The number of aromatic nitrogens is 2. The number of nitrogens with zero attached hydrogens (tertiary/aromatic N) is 3. The molecule has 0 radical (unpaired) electrons. The maximum Gasteiger partial charge on any atom is 0.241 e. The van der Waals surface area contributed by atoms with Crippen molar-refractivity contribution in [2.24, 2.45) is 5.92 Å². The summed E-state index contributed by atoms with van der Waals surface area (Å²) in [5, 5.41) is 15.3. The number of aliphatic hydroxyl groups is 1. The van der Waals surface area contributed by atoms with Crippen molar-refractivity contribution >= 4 is 11.6 Å². The van der Waals surface area contributed by atoms with Crippen molar-refractivity contribution < 1.29 is 9.63 Å². The maximum absolute atomic E-state index is 10.6. The van der Waals surface area contributed by atoms with E-state index in [0.29, 0.717) is 29.2 Å². The van der Waals surface area contributed by atoms with Crippen LogP contribution < -0.4 is 0 Å². The maximum atomic E-state index is 10.6. The van der Waals surface area contributed by atoms with Gasteiger partial charge in [0.05, 0.1) is 12.6 Å². The summed E-state index contributed by atoms with van der Waals surface area (Å²) in [7, 11) is 0. The van der Waals surface area contributed by atoms with E-state index < -0.39 is 0 Å². The molecule has 1 aliphatic rings. The molecule has 2 heterocycles. The van der Waals surface area contributed by atoms with E-state index in [4.69, 9.17) is 16.1 Å². The fourth-order valence-electron chi connectivity index (χ4n) is 3.74. The van der Waals surface area contributed by atoms with Gasteiger partial charge in [0.15, 0.2) is 0 Å². The molecule has 1 atom stereocenters. The largest absolute Gasteiger partial charge is 0.392 e. The Balaban J connectivity index is 1.28. The summed E-state index contributed by atoms with van der Waals surface area (Å²) in [4.78, 5) is 6.81. The van der Waals surface area contributed by atoms with Gasteiger partial charge in [0.1, 0.15) is 0 Å². The highest BCUT2D eigenvalue weighted by molar-refractivity contribution is 6.30. The molecule has 0 aliphatic carbocycles. The van der Waals surface area contributed by atoms with Gasteiger partial charge in [0.25, 0.3) is 0 Å². The lowest BCUT2D eigenvalue weighted by atomic mass is 9.88. The molecule has 146 valence electrons. The van der Waals surface area contributed by atoms with Gasteiger partial charge in [-0.3, -0.25) is 4.90 Å². The van der Waals surface area contributed by atoms with Crippen molar-refractivity contribution in [3.63, 3.8) is 0 Å². The SMILES string of the molecule is OC(Cc1ccccc1)C1CCN(Cc2nc(-c3ccc(Cl)cc3)no2)CC1. The van der Waals surface area contributed by atoms with Crippen LogP contribution in [0.1, 0.15) is 24.3 Å². The van der Waals surface area contributed by atoms with Gasteiger partial charge >= 0.3 is 0 Å². The van der Waals surface area contributed by atoms with Crippen molar-refractivity contribution in [1.29, 1.82) is 0 Å². The number of rotatable bonds is 6. The molecular weight excluding hydrogens is 374 g/mol. The number of halogens is 1. The van der Waals surface area contributed by atoms with Gasteiger partial charge in [-0.25, -0.2) is 0 Å². The molecular formula is C22H24ClN3O2. The van der Waals surface area contributed by atoms with Gasteiger partial charge in [-0.2, -0.15) is 4.98 Å². The molecule has 3 aromatic rings. The van der Waals surface area contributed by atoms with Crippen molar-refractivity contribution in [2.75, 3.05) is 13.1 Å². The van der Waals surface area contributed by atoms with Crippen LogP contribution >= 0.6 is 11.6 Å². The molecule has 1 aliphatic heterocycles. The van der Waals surface area contributed by atoms with E-state index in [1.54, 1.807) is 0 Å². The summed E-state index contributed by atoms with van der Waals surface area (Å²) >= 11 is 5.92. The predicted molar refractivity (Wildman–Crippen MR) is 109 cm³/mol. The third-order valence-electron chi connectivity index (χ3n) is 5.39. The molecule has 28 heavy (non-hydrogen) atoms. The standard InChI is InChI=1S/C22H24ClN3O2/c23-19-8-6-18(7-9-19)22-24-21(28-25-22)15-26-12-10-17(11-13-26)20(27)14-16-4-2-1-3-5-16/h1-9,17,20,27H,10-15H2. The van der Waals surface area contributed by atoms with E-state index in [9.17, 15) is 5.11 Å². The summed E-state index contributed by atoms with van der Waals surface area (Å²) in [6, 6.07) is 17.6. The van der Waals surface area contributed by atoms with Crippen LogP contribution in [-0.4, -0.2) is 39.3 Å². The first-order valence-corrected chi connectivity index (χ1v) is 10.1. The lowest BCUT2D eigenvalue weighted by molar-refractivity contribution is 0.0547. The molecule has 0 spiro atoms. The molecule has 1 aromatic heterocycles. The second kappa shape index (κ2) is 8.86. The van der Waals surface area contributed by atoms with Crippen molar-refractivity contribution in [3.8, 4) is 11.4 Å². The van der Waals surface area contributed by atoms with Crippen LogP contribution in [0.5, 0.6) is 0 Å². The van der Waals surface area contributed by atoms with Gasteiger partial charge < -0.3 is 9.63 Å². The second-order valence-electron chi connectivity index (χ2n) is 7.39. The Labute approximate surface area is 170 Å². The van der Waals surface area contributed by atoms with Crippen molar-refractivity contribution in [3.05, 3.63) is 71.1 Å². The normalized spacial score (nSPS) is 16.9. The monoisotopic (exact) mass is 397 g/mol. The van der Waals surface area contributed by atoms with E-state index in [0.717, 1.165) is 37.9 Å². The van der Waals surface area contributed by atoms with E-state index >= 15 is 0 Å². The highest BCUT2D eigenvalue weighted by Gasteiger charge is 2.26. The van der Waals surface area contributed by atoms with Gasteiger partial charge in [0.2, 0.25) is 11.7 Å².